The van der Waals surface area contributed by atoms with Gasteiger partial charge < -0.3 is 10.4 Å². The summed E-state index contributed by atoms with van der Waals surface area (Å²) >= 11 is 1.55. The number of aromatic nitrogens is 1. The largest absolute Gasteiger partial charge is 0.393 e. The van der Waals surface area contributed by atoms with Crippen molar-refractivity contribution in [3.8, 4) is 0 Å². The van der Waals surface area contributed by atoms with E-state index in [4.69, 9.17) is 0 Å². The molecule has 1 saturated carbocycles. The van der Waals surface area contributed by atoms with Gasteiger partial charge in [-0.3, -0.25) is 9.78 Å². The molecule has 1 aliphatic carbocycles. The number of pyridine rings is 1. The minimum atomic E-state index is -0.631. The van der Waals surface area contributed by atoms with E-state index in [-0.39, 0.29) is 23.6 Å². The van der Waals surface area contributed by atoms with Gasteiger partial charge >= 0.3 is 0 Å². The molecule has 0 bridgehead atoms. The summed E-state index contributed by atoms with van der Waals surface area (Å²) in [5.74, 6) is -0.893. The summed E-state index contributed by atoms with van der Waals surface area (Å²) in [4.78, 5) is 16.9. The van der Waals surface area contributed by atoms with Crippen molar-refractivity contribution in [2.45, 2.75) is 25.0 Å². The Labute approximate surface area is 125 Å². The summed E-state index contributed by atoms with van der Waals surface area (Å²) in [6, 6.07) is 5.05. The van der Waals surface area contributed by atoms with Gasteiger partial charge in [-0.25, -0.2) is 4.39 Å². The first-order chi connectivity index (χ1) is 10.1. The van der Waals surface area contributed by atoms with Gasteiger partial charge in [0, 0.05) is 11.1 Å². The van der Waals surface area contributed by atoms with Gasteiger partial charge in [-0.15, -0.1) is 11.3 Å². The summed E-state index contributed by atoms with van der Waals surface area (Å²) in [6.45, 7) is 0. The number of nitrogens with zero attached hydrogens (tertiary/aromatic N) is 1. The Balaban J connectivity index is 1.79. The molecule has 2 aromatic rings. The number of halogens is 1. The molecule has 2 N–H and O–H groups in total. The lowest BCUT2D eigenvalue weighted by atomic mass is 9.76. The van der Waals surface area contributed by atoms with Crippen molar-refractivity contribution >= 4 is 17.2 Å². The topological polar surface area (TPSA) is 62.2 Å². The van der Waals surface area contributed by atoms with E-state index in [1.807, 2.05) is 17.5 Å². The third-order valence-electron chi connectivity index (χ3n) is 3.77. The lowest BCUT2D eigenvalue weighted by Gasteiger charge is -2.37. The van der Waals surface area contributed by atoms with E-state index < -0.39 is 11.7 Å². The number of carbonyl (C=O) groups excluding carboxylic acids is 1. The highest BCUT2D eigenvalue weighted by Crippen LogP contribution is 2.39. The predicted molar refractivity (Wildman–Crippen MR) is 77.5 cm³/mol. The number of hydrogen-bond acceptors (Lipinski definition) is 4. The van der Waals surface area contributed by atoms with Gasteiger partial charge in [0.25, 0.3) is 5.91 Å². The lowest BCUT2D eigenvalue weighted by Crippen LogP contribution is -2.41. The fraction of sp³-hybridized carbons (Fsp3) is 0.333. The number of thiophene rings is 1. The van der Waals surface area contributed by atoms with Crippen molar-refractivity contribution in [1.29, 1.82) is 0 Å². The van der Waals surface area contributed by atoms with E-state index in [9.17, 15) is 14.3 Å². The Hall–Kier alpha value is -1.79. The quantitative estimate of drug-likeness (QED) is 0.912. The second kappa shape index (κ2) is 5.91. The van der Waals surface area contributed by atoms with Crippen LogP contribution >= 0.6 is 11.3 Å². The number of rotatable bonds is 4. The SMILES string of the molecule is O=C(NC(c1cccs1)C1CC(O)C1)c1ccncc1F. The molecule has 0 aromatic carbocycles. The zero-order valence-electron chi connectivity index (χ0n) is 11.2. The Kier molecular flexibility index (Phi) is 3.98. The Morgan fingerprint density at radius 2 is 2.29 bits per heavy atom. The molecule has 0 saturated heterocycles. The lowest BCUT2D eigenvalue weighted by molar-refractivity contribution is 0.0240. The molecule has 110 valence electrons. The minimum Gasteiger partial charge on any atom is -0.393 e. The van der Waals surface area contributed by atoms with Crippen LogP contribution in [-0.2, 0) is 0 Å². The fourth-order valence-corrected chi connectivity index (χ4v) is 3.44. The molecule has 0 spiro atoms. The van der Waals surface area contributed by atoms with Crippen molar-refractivity contribution in [1.82, 2.24) is 10.3 Å². The number of hydrogen-bond donors (Lipinski definition) is 2. The number of aliphatic hydroxyl groups is 1. The van der Waals surface area contributed by atoms with Crippen LogP contribution in [0, 0.1) is 11.7 Å². The minimum absolute atomic E-state index is 0.00794. The molecule has 6 heteroatoms. The molecule has 1 aliphatic rings. The average Bonchev–Trinajstić information content (AvgIpc) is 2.96. The Morgan fingerprint density at radius 3 is 2.90 bits per heavy atom. The van der Waals surface area contributed by atoms with Crippen LogP contribution in [-0.4, -0.2) is 22.1 Å². The molecule has 0 aliphatic heterocycles. The van der Waals surface area contributed by atoms with E-state index in [0.29, 0.717) is 12.8 Å². The van der Waals surface area contributed by atoms with Crippen LogP contribution in [0.2, 0.25) is 0 Å². The van der Waals surface area contributed by atoms with Crippen LogP contribution in [0.15, 0.2) is 36.0 Å². The molecule has 1 amide bonds. The molecule has 3 rings (SSSR count). The van der Waals surface area contributed by atoms with Crippen LogP contribution < -0.4 is 5.32 Å². The van der Waals surface area contributed by atoms with Crippen LogP contribution in [0.25, 0.3) is 0 Å². The smallest absolute Gasteiger partial charge is 0.254 e. The maximum Gasteiger partial charge on any atom is 0.254 e. The zero-order chi connectivity index (χ0) is 14.8. The first kappa shape index (κ1) is 14.2. The van der Waals surface area contributed by atoms with Crippen LogP contribution in [0.3, 0.4) is 0 Å². The van der Waals surface area contributed by atoms with Crippen molar-refractivity contribution in [2.75, 3.05) is 0 Å². The highest BCUT2D eigenvalue weighted by molar-refractivity contribution is 7.10. The molecule has 4 nitrogen and oxygen atoms in total. The predicted octanol–water partition coefficient (Wildman–Crippen LogP) is 2.52. The van der Waals surface area contributed by atoms with Gasteiger partial charge in [0.15, 0.2) is 5.82 Å². The number of nitrogens with one attached hydrogen (secondary N) is 1. The first-order valence-corrected chi connectivity index (χ1v) is 7.65. The number of carbonyl (C=O) groups is 1. The van der Waals surface area contributed by atoms with Gasteiger partial charge in [-0.05, 0) is 36.3 Å². The molecular weight excluding hydrogens is 291 g/mol. The van der Waals surface area contributed by atoms with Crippen LogP contribution in [0.4, 0.5) is 4.39 Å². The molecule has 21 heavy (non-hydrogen) atoms. The van der Waals surface area contributed by atoms with Gasteiger partial charge in [-0.1, -0.05) is 6.07 Å². The zero-order valence-corrected chi connectivity index (χ0v) is 12.0. The van der Waals surface area contributed by atoms with Gasteiger partial charge in [0.05, 0.1) is 23.9 Å². The number of aliphatic hydroxyl groups excluding tert-OH is 1. The van der Waals surface area contributed by atoms with Gasteiger partial charge in [0.2, 0.25) is 0 Å². The van der Waals surface area contributed by atoms with E-state index in [2.05, 4.69) is 10.3 Å². The maximum atomic E-state index is 13.6. The third-order valence-corrected chi connectivity index (χ3v) is 4.73. The fourth-order valence-electron chi connectivity index (χ4n) is 2.57. The highest BCUT2D eigenvalue weighted by Gasteiger charge is 2.36. The highest BCUT2D eigenvalue weighted by atomic mass is 32.1. The monoisotopic (exact) mass is 306 g/mol. The van der Waals surface area contributed by atoms with Crippen molar-refractivity contribution in [3.05, 3.63) is 52.2 Å². The Bertz CT molecular complexity index is 626. The summed E-state index contributed by atoms with van der Waals surface area (Å²) in [6.07, 6.45) is 3.43. The second-order valence-corrected chi connectivity index (χ2v) is 6.19. The third kappa shape index (κ3) is 2.96. The standard InChI is InChI=1S/C15H15FN2O2S/c16-12-8-17-4-3-11(12)15(20)18-14(9-6-10(19)7-9)13-2-1-5-21-13/h1-5,8-10,14,19H,6-7H2,(H,18,20). The summed E-state index contributed by atoms with van der Waals surface area (Å²) < 4.78 is 13.6. The normalized spacial score (nSPS) is 22.4. The summed E-state index contributed by atoms with van der Waals surface area (Å²) in [7, 11) is 0. The van der Waals surface area contributed by atoms with E-state index in [0.717, 1.165) is 11.1 Å². The molecule has 2 aromatic heterocycles. The van der Waals surface area contributed by atoms with E-state index >= 15 is 0 Å². The van der Waals surface area contributed by atoms with Crippen LogP contribution in [0.1, 0.15) is 34.1 Å². The van der Waals surface area contributed by atoms with Gasteiger partial charge in [0.1, 0.15) is 0 Å². The summed E-state index contributed by atoms with van der Waals surface area (Å²) in [5.41, 5.74) is -0.00794. The van der Waals surface area contributed by atoms with Crippen molar-refractivity contribution < 1.29 is 14.3 Å². The van der Waals surface area contributed by atoms with Gasteiger partial charge in [-0.2, -0.15) is 0 Å². The Morgan fingerprint density at radius 1 is 1.48 bits per heavy atom. The molecule has 1 atom stereocenters. The van der Waals surface area contributed by atoms with Crippen molar-refractivity contribution in [3.63, 3.8) is 0 Å². The van der Waals surface area contributed by atoms with E-state index in [1.165, 1.54) is 12.3 Å². The number of amides is 1. The molecule has 1 unspecified atom stereocenters. The maximum absolute atomic E-state index is 13.6. The first-order valence-electron chi connectivity index (χ1n) is 6.77. The second-order valence-electron chi connectivity index (χ2n) is 5.21. The van der Waals surface area contributed by atoms with Crippen molar-refractivity contribution in [2.24, 2.45) is 5.92 Å². The molecule has 0 radical (unpaired) electrons. The summed E-state index contributed by atoms with van der Waals surface area (Å²) in [5, 5.41) is 14.3. The molecular formula is C15H15FN2O2S. The molecule has 2 heterocycles. The molecule has 1 fully saturated rings. The van der Waals surface area contributed by atoms with E-state index in [1.54, 1.807) is 11.3 Å². The van der Waals surface area contributed by atoms with Crippen LogP contribution in [0.5, 0.6) is 0 Å². The average molecular weight is 306 g/mol.